The van der Waals surface area contributed by atoms with Gasteiger partial charge in [0.25, 0.3) is 0 Å². The summed E-state index contributed by atoms with van der Waals surface area (Å²) >= 11 is 0. The molecule has 1 aromatic heterocycles. The molecule has 1 aliphatic heterocycles. The van der Waals surface area contributed by atoms with Crippen LogP contribution in [0.3, 0.4) is 0 Å². The van der Waals surface area contributed by atoms with Crippen LogP contribution in [0.2, 0.25) is 0 Å². The van der Waals surface area contributed by atoms with Crippen molar-refractivity contribution in [3.8, 4) is 0 Å². The Labute approximate surface area is 145 Å². The van der Waals surface area contributed by atoms with E-state index in [0.29, 0.717) is 19.0 Å². The summed E-state index contributed by atoms with van der Waals surface area (Å²) in [7, 11) is 2.18. The first-order valence-electron chi connectivity index (χ1n) is 9.45. The van der Waals surface area contributed by atoms with Crippen molar-refractivity contribution < 1.29 is 4.79 Å². The van der Waals surface area contributed by atoms with E-state index in [-0.39, 0.29) is 5.91 Å². The highest BCUT2D eigenvalue weighted by molar-refractivity contribution is 5.75. The third kappa shape index (κ3) is 4.32. The van der Waals surface area contributed by atoms with Gasteiger partial charge in [0.15, 0.2) is 0 Å². The van der Waals surface area contributed by atoms with Gasteiger partial charge in [-0.3, -0.25) is 4.79 Å². The van der Waals surface area contributed by atoms with Gasteiger partial charge in [0.2, 0.25) is 5.91 Å². The Morgan fingerprint density at radius 2 is 2.12 bits per heavy atom. The summed E-state index contributed by atoms with van der Waals surface area (Å²) in [5, 5.41) is 3.04. The summed E-state index contributed by atoms with van der Waals surface area (Å²) in [5.41, 5.74) is 3.70. The van der Waals surface area contributed by atoms with E-state index in [9.17, 15) is 4.79 Å². The second kappa shape index (κ2) is 8.06. The van der Waals surface area contributed by atoms with Gasteiger partial charge in [0.1, 0.15) is 5.82 Å². The molecule has 2 aliphatic rings. The van der Waals surface area contributed by atoms with Gasteiger partial charge < -0.3 is 10.2 Å². The van der Waals surface area contributed by atoms with E-state index in [1.54, 1.807) is 0 Å². The normalized spacial score (nSPS) is 20.8. The maximum absolute atomic E-state index is 12.1. The fraction of sp³-hybridized carbons (Fsp3) is 0.737. The van der Waals surface area contributed by atoms with Gasteiger partial charge in [-0.2, -0.15) is 0 Å². The zero-order valence-electron chi connectivity index (χ0n) is 15.1. The van der Waals surface area contributed by atoms with Crippen LogP contribution in [0.5, 0.6) is 0 Å². The van der Waals surface area contributed by atoms with Crippen molar-refractivity contribution in [3.05, 3.63) is 22.8 Å². The molecular formula is C19H30N4O. The van der Waals surface area contributed by atoms with Crippen LogP contribution in [0.4, 0.5) is 0 Å². The number of carbonyl (C=O) groups excluding carboxylic acids is 1. The molecular weight excluding hydrogens is 300 g/mol. The van der Waals surface area contributed by atoms with Crippen LogP contribution in [0.25, 0.3) is 0 Å². The van der Waals surface area contributed by atoms with Crippen molar-refractivity contribution in [3.63, 3.8) is 0 Å². The molecule has 24 heavy (non-hydrogen) atoms. The van der Waals surface area contributed by atoms with Crippen LogP contribution < -0.4 is 5.32 Å². The van der Waals surface area contributed by atoms with E-state index in [4.69, 9.17) is 0 Å². The highest BCUT2D eigenvalue weighted by atomic mass is 16.1. The lowest BCUT2D eigenvalue weighted by Crippen LogP contribution is -2.37. The second-order valence-electron chi connectivity index (χ2n) is 7.27. The van der Waals surface area contributed by atoms with Crippen LogP contribution in [-0.2, 0) is 24.1 Å². The Hall–Kier alpha value is -1.49. The standard InChI is InChI=1S/C19H30N4O/c1-14-16-7-5-8-17(16)22-18(21-14)11-12-20-19(24)10-9-15-6-3-4-13-23(15)2/h15H,3-13H2,1-2H3,(H,20,24)/t15-/m1/s1. The number of aryl methyl sites for hydroxylation is 2. The molecule has 3 rings (SSSR count). The molecule has 1 atom stereocenters. The van der Waals surface area contributed by atoms with Crippen molar-refractivity contribution in [2.75, 3.05) is 20.1 Å². The first-order chi connectivity index (χ1) is 11.6. The van der Waals surface area contributed by atoms with Crippen LogP contribution >= 0.6 is 0 Å². The van der Waals surface area contributed by atoms with E-state index in [0.717, 1.165) is 37.2 Å². The minimum absolute atomic E-state index is 0.159. The minimum Gasteiger partial charge on any atom is -0.356 e. The Kier molecular flexibility index (Phi) is 5.82. The molecule has 1 amide bonds. The first-order valence-corrected chi connectivity index (χ1v) is 9.45. The van der Waals surface area contributed by atoms with Gasteiger partial charge in [-0.15, -0.1) is 0 Å². The Bertz CT molecular complexity index is 587. The van der Waals surface area contributed by atoms with E-state index in [1.165, 1.54) is 43.5 Å². The maximum atomic E-state index is 12.1. The van der Waals surface area contributed by atoms with Crippen LogP contribution in [0, 0.1) is 6.92 Å². The van der Waals surface area contributed by atoms with Crippen molar-refractivity contribution in [1.29, 1.82) is 0 Å². The fourth-order valence-electron chi connectivity index (χ4n) is 4.00. The summed E-state index contributed by atoms with van der Waals surface area (Å²) in [6.07, 6.45) is 9.53. The number of carbonyl (C=O) groups is 1. The quantitative estimate of drug-likeness (QED) is 0.869. The molecule has 1 aliphatic carbocycles. The summed E-state index contributed by atoms with van der Waals surface area (Å²) in [5.74, 6) is 1.03. The average Bonchev–Trinajstić information content (AvgIpc) is 3.03. The number of hydrogen-bond donors (Lipinski definition) is 1. The number of nitrogens with one attached hydrogen (secondary N) is 1. The Morgan fingerprint density at radius 1 is 1.25 bits per heavy atom. The molecule has 0 bridgehead atoms. The van der Waals surface area contributed by atoms with E-state index in [2.05, 4.69) is 34.2 Å². The molecule has 1 saturated heterocycles. The molecule has 0 saturated carbocycles. The molecule has 0 unspecified atom stereocenters. The van der Waals surface area contributed by atoms with Gasteiger partial charge in [-0.1, -0.05) is 6.42 Å². The monoisotopic (exact) mass is 330 g/mol. The molecule has 1 fully saturated rings. The van der Waals surface area contributed by atoms with Crippen molar-refractivity contribution in [2.24, 2.45) is 0 Å². The minimum atomic E-state index is 0.159. The number of fused-ring (bicyclic) bond motifs is 1. The molecule has 1 N–H and O–H groups in total. The molecule has 2 heterocycles. The van der Waals surface area contributed by atoms with Crippen molar-refractivity contribution in [2.45, 2.75) is 70.8 Å². The van der Waals surface area contributed by atoms with Gasteiger partial charge in [-0.25, -0.2) is 9.97 Å². The van der Waals surface area contributed by atoms with E-state index < -0.39 is 0 Å². The van der Waals surface area contributed by atoms with Crippen molar-refractivity contribution in [1.82, 2.24) is 20.2 Å². The highest BCUT2D eigenvalue weighted by Crippen LogP contribution is 2.22. The molecule has 0 aromatic carbocycles. The SMILES string of the molecule is Cc1nc(CCNC(=O)CC[C@H]2CCCCN2C)nc2c1CCC2. The summed E-state index contributed by atoms with van der Waals surface area (Å²) in [6.45, 7) is 3.88. The van der Waals surface area contributed by atoms with Crippen LogP contribution in [0.1, 0.15) is 61.3 Å². The summed E-state index contributed by atoms with van der Waals surface area (Å²) in [4.78, 5) is 23.7. The third-order valence-corrected chi connectivity index (χ3v) is 5.48. The van der Waals surface area contributed by atoms with Crippen LogP contribution in [0.15, 0.2) is 0 Å². The molecule has 5 heteroatoms. The average molecular weight is 330 g/mol. The lowest BCUT2D eigenvalue weighted by molar-refractivity contribution is -0.121. The van der Waals surface area contributed by atoms with Gasteiger partial charge in [-0.05, 0) is 64.6 Å². The number of aromatic nitrogens is 2. The van der Waals surface area contributed by atoms with Gasteiger partial charge in [0.05, 0.1) is 0 Å². The first kappa shape index (κ1) is 17.3. The highest BCUT2D eigenvalue weighted by Gasteiger charge is 2.20. The number of amides is 1. The molecule has 1 aromatic rings. The van der Waals surface area contributed by atoms with Gasteiger partial charge in [0, 0.05) is 36.8 Å². The van der Waals surface area contributed by atoms with Gasteiger partial charge >= 0.3 is 0 Å². The van der Waals surface area contributed by atoms with E-state index in [1.807, 2.05) is 0 Å². The van der Waals surface area contributed by atoms with E-state index >= 15 is 0 Å². The smallest absolute Gasteiger partial charge is 0.220 e. The Morgan fingerprint density at radius 3 is 2.96 bits per heavy atom. The number of likely N-dealkylation sites (tertiary alicyclic amines) is 1. The fourth-order valence-corrected chi connectivity index (χ4v) is 4.00. The van der Waals surface area contributed by atoms with Crippen molar-refractivity contribution >= 4 is 5.91 Å². The molecule has 0 spiro atoms. The lowest BCUT2D eigenvalue weighted by atomic mass is 9.98. The summed E-state index contributed by atoms with van der Waals surface area (Å²) < 4.78 is 0. The lowest BCUT2D eigenvalue weighted by Gasteiger charge is -2.32. The second-order valence-corrected chi connectivity index (χ2v) is 7.27. The Balaban J connectivity index is 1.40. The molecule has 132 valence electrons. The third-order valence-electron chi connectivity index (χ3n) is 5.48. The van der Waals surface area contributed by atoms with Crippen LogP contribution in [-0.4, -0.2) is 47.0 Å². The number of rotatable bonds is 6. The summed E-state index contributed by atoms with van der Waals surface area (Å²) in [6, 6.07) is 0.576. The molecule has 0 radical (unpaired) electrons. The molecule has 5 nitrogen and oxygen atoms in total. The zero-order chi connectivity index (χ0) is 16.9. The number of hydrogen-bond acceptors (Lipinski definition) is 4. The zero-order valence-corrected chi connectivity index (χ0v) is 15.1. The number of piperidine rings is 1. The number of nitrogens with zero attached hydrogens (tertiary/aromatic N) is 3. The topological polar surface area (TPSA) is 58.1 Å². The maximum Gasteiger partial charge on any atom is 0.220 e. The predicted molar refractivity (Wildman–Crippen MR) is 95.0 cm³/mol. The predicted octanol–water partition coefficient (Wildman–Crippen LogP) is 2.20. The largest absolute Gasteiger partial charge is 0.356 e.